The fraction of sp³-hybridized carbons (Fsp3) is 0.280. The van der Waals surface area contributed by atoms with Gasteiger partial charge in [0.25, 0.3) is 0 Å². The first-order valence-electron chi connectivity index (χ1n) is 10.5. The van der Waals surface area contributed by atoms with E-state index in [-0.39, 0.29) is 0 Å². The number of nitrogens with two attached hydrogens (primary N) is 1. The van der Waals surface area contributed by atoms with Gasteiger partial charge in [0.05, 0.1) is 24.8 Å². The van der Waals surface area contributed by atoms with Gasteiger partial charge in [-0.15, -0.1) is 0 Å². The maximum atomic E-state index is 9.39. The zero-order valence-electron chi connectivity index (χ0n) is 17.7. The molecule has 6 heteroatoms. The molecule has 31 heavy (non-hydrogen) atoms. The molecule has 0 unspecified atom stereocenters. The molecule has 1 saturated heterocycles. The maximum Gasteiger partial charge on any atom is 0.221 e. The van der Waals surface area contributed by atoms with Crippen LogP contribution in [0.3, 0.4) is 0 Å². The fourth-order valence-electron chi connectivity index (χ4n) is 3.72. The van der Waals surface area contributed by atoms with Gasteiger partial charge in [-0.05, 0) is 55.3 Å². The highest BCUT2D eigenvalue weighted by atomic mass is 16.5. The Morgan fingerprint density at radius 3 is 2.58 bits per heavy atom. The first kappa shape index (κ1) is 20.9. The van der Waals surface area contributed by atoms with Gasteiger partial charge in [-0.25, -0.2) is 4.98 Å². The molecule has 1 aromatic heterocycles. The molecular formula is C25H26N4O2. The molecule has 2 heterocycles. The Balaban J connectivity index is 1.67. The van der Waals surface area contributed by atoms with Crippen molar-refractivity contribution in [1.82, 2.24) is 4.98 Å². The van der Waals surface area contributed by atoms with Crippen LogP contribution in [0.4, 0.5) is 5.69 Å². The van der Waals surface area contributed by atoms with Gasteiger partial charge in [-0.3, -0.25) is 0 Å². The van der Waals surface area contributed by atoms with Crippen molar-refractivity contribution in [3.05, 3.63) is 71.4 Å². The standard InChI is InChI=1S/C25H26N4O2/c1-18-14-22(29-10-12-30-13-11-29)16-25(28-18)31-24-15-20(17-27)4-7-23(24)21-5-2-19(3-6-21)8-9-26/h2-7,14-16H,8-13,26H2,1H3. The second-order valence-corrected chi connectivity index (χ2v) is 7.56. The molecule has 0 radical (unpaired) electrons. The minimum Gasteiger partial charge on any atom is -0.438 e. The average molecular weight is 415 g/mol. The number of nitrogens with zero attached hydrogens (tertiary/aromatic N) is 3. The number of hydrogen-bond donors (Lipinski definition) is 1. The fourth-order valence-corrected chi connectivity index (χ4v) is 3.72. The minimum atomic E-state index is 0.512. The molecule has 1 fully saturated rings. The van der Waals surface area contributed by atoms with E-state index in [1.807, 2.05) is 19.1 Å². The highest BCUT2D eigenvalue weighted by Crippen LogP contribution is 2.35. The summed E-state index contributed by atoms with van der Waals surface area (Å²) in [7, 11) is 0. The molecule has 4 rings (SSSR count). The summed E-state index contributed by atoms with van der Waals surface area (Å²) in [5, 5.41) is 9.39. The minimum absolute atomic E-state index is 0.512. The summed E-state index contributed by atoms with van der Waals surface area (Å²) in [5.74, 6) is 1.12. The summed E-state index contributed by atoms with van der Waals surface area (Å²) in [6.07, 6.45) is 0.842. The Kier molecular flexibility index (Phi) is 6.46. The number of aromatic nitrogens is 1. The van der Waals surface area contributed by atoms with Crippen LogP contribution in [0.5, 0.6) is 11.6 Å². The van der Waals surface area contributed by atoms with Crippen molar-refractivity contribution in [1.29, 1.82) is 5.26 Å². The quantitative estimate of drug-likeness (QED) is 0.655. The monoisotopic (exact) mass is 414 g/mol. The zero-order chi connectivity index (χ0) is 21.6. The number of morpholine rings is 1. The van der Waals surface area contributed by atoms with E-state index in [0.29, 0.717) is 37.0 Å². The van der Waals surface area contributed by atoms with Gasteiger partial charge in [0, 0.05) is 36.1 Å². The summed E-state index contributed by atoms with van der Waals surface area (Å²) in [6, 6.07) is 20.0. The summed E-state index contributed by atoms with van der Waals surface area (Å²) in [6.45, 7) is 5.69. The Labute approximate surface area is 182 Å². The average Bonchev–Trinajstić information content (AvgIpc) is 2.80. The second-order valence-electron chi connectivity index (χ2n) is 7.56. The van der Waals surface area contributed by atoms with E-state index < -0.39 is 0 Å². The van der Waals surface area contributed by atoms with Gasteiger partial charge in [-0.1, -0.05) is 24.3 Å². The number of ether oxygens (including phenoxy) is 2. The molecule has 2 aromatic carbocycles. The number of rotatable bonds is 6. The van der Waals surface area contributed by atoms with Crippen LogP contribution in [0.15, 0.2) is 54.6 Å². The van der Waals surface area contributed by atoms with Crippen LogP contribution >= 0.6 is 0 Å². The van der Waals surface area contributed by atoms with E-state index in [4.69, 9.17) is 15.2 Å². The Morgan fingerprint density at radius 1 is 1.10 bits per heavy atom. The lowest BCUT2D eigenvalue weighted by Crippen LogP contribution is -2.36. The molecule has 0 atom stereocenters. The van der Waals surface area contributed by atoms with Crippen molar-refractivity contribution in [3.63, 3.8) is 0 Å². The van der Waals surface area contributed by atoms with E-state index in [1.54, 1.807) is 12.1 Å². The second kappa shape index (κ2) is 9.61. The molecule has 3 aromatic rings. The molecule has 0 saturated carbocycles. The predicted molar refractivity (Wildman–Crippen MR) is 121 cm³/mol. The lowest BCUT2D eigenvalue weighted by molar-refractivity contribution is 0.122. The van der Waals surface area contributed by atoms with Gasteiger partial charge in [0.15, 0.2) is 0 Å². The third kappa shape index (κ3) is 5.02. The predicted octanol–water partition coefficient (Wildman–Crippen LogP) is 4.06. The van der Waals surface area contributed by atoms with Crippen LogP contribution in [-0.2, 0) is 11.2 Å². The van der Waals surface area contributed by atoms with Crippen molar-refractivity contribution in [2.45, 2.75) is 13.3 Å². The number of hydrogen-bond acceptors (Lipinski definition) is 6. The third-order valence-corrected chi connectivity index (χ3v) is 5.31. The molecule has 1 aliphatic rings. The molecule has 0 amide bonds. The van der Waals surface area contributed by atoms with E-state index in [9.17, 15) is 5.26 Å². The maximum absolute atomic E-state index is 9.39. The number of benzene rings is 2. The van der Waals surface area contributed by atoms with Crippen LogP contribution in [0.1, 0.15) is 16.8 Å². The summed E-state index contributed by atoms with van der Waals surface area (Å²) in [4.78, 5) is 6.85. The number of pyridine rings is 1. The molecule has 158 valence electrons. The first-order valence-corrected chi connectivity index (χ1v) is 10.5. The summed E-state index contributed by atoms with van der Waals surface area (Å²) >= 11 is 0. The number of nitriles is 1. The first-order chi connectivity index (χ1) is 15.2. The van der Waals surface area contributed by atoms with Crippen LogP contribution in [0.2, 0.25) is 0 Å². The van der Waals surface area contributed by atoms with E-state index in [2.05, 4.69) is 46.3 Å². The normalized spacial score (nSPS) is 13.6. The Bertz CT molecular complexity index is 1080. The molecule has 1 aliphatic heterocycles. The van der Waals surface area contributed by atoms with Gasteiger partial charge in [0.1, 0.15) is 5.75 Å². The van der Waals surface area contributed by atoms with Gasteiger partial charge in [0.2, 0.25) is 5.88 Å². The van der Waals surface area contributed by atoms with Crippen LogP contribution < -0.4 is 15.4 Å². The van der Waals surface area contributed by atoms with E-state index >= 15 is 0 Å². The summed E-state index contributed by atoms with van der Waals surface area (Å²) < 4.78 is 11.7. The van der Waals surface area contributed by atoms with Crippen molar-refractivity contribution in [2.75, 3.05) is 37.7 Å². The molecule has 0 bridgehead atoms. The lowest BCUT2D eigenvalue weighted by atomic mass is 10.0. The molecule has 6 nitrogen and oxygen atoms in total. The van der Waals surface area contributed by atoms with Gasteiger partial charge in [-0.2, -0.15) is 5.26 Å². The zero-order valence-corrected chi connectivity index (χ0v) is 17.7. The lowest BCUT2D eigenvalue weighted by Gasteiger charge is -2.29. The van der Waals surface area contributed by atoms with Crippen LogP contribution in [-0.4, -0.2) is 37.8 Å². The molecule has 0 spiro atoms. The Morgan fingerprint density at radius 2 is 1.87 bits per heavy atom. The Hall–Kier alpha value is -3.40. The van der Waals surface area contributed by atoms with E-state index in [0.717, 1.165) is 42.0 Å². The number of aryl methyl sites for hydroxylation is 1. The molecular weight excluding hydrogens is 388 g/mol. The van der Waals surface area contributed by atoms with Crippen molar-refractivity contribution < 1.29 is 9.47 Å². The molecule has 2 N–H and O–H groups in total. The highest BCUT2D eigenvalue weighted by Gasteiger charge is 2.15. The smallest absolute Gasteiger partial charge is 0.221 e. The van der Waals surface area contributed by atoms with Crippen LogP contribution in [0, 0.1) is 18.3 Å². The number of anilines is 1. The van der Waals surface area contributed by atoms with Crippen molar-refractivity contribution in [3.8, 4) is 28.8 Å². The van der Waals surface area contributed by atoms with E-state index in [1.165, 1.54) is 5.56 Å². The van der Waals surface area contributed by atoms with Crippen molar-refractivity contribution >= 4 is 5.69 Å². The summed E-state index contributed by atoms with van der Waals surface area (Å²) in [5.41, 5.74) is 11.3. The van der Waals surface area contributed by atoms with Crippen LogP contribution in [0.25, 0.3) is 11.1 Å². The SMILES string of the molecule is Cc1cc(N2CCOCC2)cc(Oc2cc(C#N)ccc2-c2ccc(CCN)cc2)n1. The largest absolute Gasteiger partial charge is 0.438 e. The van der Waals surface area contributed by atoms with Gasteiger partial charge < -0.3 is 20.1 Å². The third-order valence-electron chi connectivity index (χ3n) is 5.31. The highest BCUT2D eigenvalue weighted by molar-refractivity contribution is 5.72. The molecule has 0 aliphatic carbocycles. The topological polar surface area (TPSA) is 84.4 Å². The van der Waals surface area contributed by atoms with Crippen molar-refractivity contribution in [2.24, 2.45) is 5.73 Å². The van der Waals surface area contributed by atoms with Gasteiger partial charge >= 0.3 is 0 Å².